The van der Waals surface area contributed by atoms with Gasteiger partial charge in [-0.1, -0.05) is 63.9 Å². The first-order valence-electron chi connectivity index (χ1n) is 8.00. The van der Waals surface area contributed by atoms with Gasteiger partial charge in [0, 0.05) is 18.0 Å². The Morgan fingerprint density at radius 2 is 1.60 bits per heavy atom. The molecule has 0 fully saturated rings. The molecule has 0 amide bonds. The van der Waals surface area contributed by atoms with Crippen LogP contribution in [0.3, 0.4) is 0 Å². The molecule has 1 atom stereocenters. The average molecular weight is 275 g/mol. The van der Waals surface area contributed by atoms with E-state index >= 15 is 0 Å². The topological polar surface area (TPSA) is 20.3 Å². The first-order chi connectivity index (χ1) is 9.69. The van der Waals surface area contributed by atoms with Crippen molar-refractivity contribution in [2.45, 2.75) is 46.5 Å². The molecule has 0 aliphatic heterocycles. The molecule has 1 aromatic carbocycles. The van der Waals surface area contributed by atoms with E-state index < -0.39 is 0 Å². The van der Waals surface area contributed by atoms with Crippen molar-refractivity contribution in [1.82, 2.24) is 4.90 Å². The van der Waals surface area contributed by atoms with Crippen molar-refractivity contribution >= 4 is 5.78 Å². The van der Waals surface area contributed by atoms with Gasteiger partial charge >= 0.3 is 0 Å². The fraction of sp³-hybridized carbons (Fsp3) is 0.611. The van der Waals surface area contributed by atoms with Gasteiger partial charge in [-0.25, -0.2) is 0 Å². The summed E-state index contributed by atoms with van der Waals surface area (Å²) in [5.74, 6) is 0.342. The summed E-state index contributed by atoms with van der Waals surface area (Å²) in [6.45, 7) is 9.60. The number of Topliss-reactive ketones (excluding diaryl/α,β-unsaturated/α-hetero) is 1. The summed E-state index contributed by atoms with van der Waals surface area (Å²) in [4.78, 5) is 14.9. The maximum absolute atomic E-state index is 12.4. The Kier molecular flexibility index (Phi) is 8.20. The van der Waals surface area contributed by atoms with Gasteiger partial charge in [0.15, 0.2) is 5.78 Å². The zero-order valence-corrected chi connectivity index (χ0v) is 13.3. The number of carbonyl (C=O) groups is 1. The van der Waals surface area contributed by atoms with Gasteiger partial charge in [0.2, 0.25) is 0 Å². The van der Waals surface area contributed by atoms with E-state index in [-0.39, 0.29) is 11.7 Å². The van der Waals surface area contributed by atoms with Gasteiger partial charge in [0.05, 0.1) is 0 Å². The molecule has 1 aromatic rings. The summed E-state index contributed by atoms with van der Waals surface area (Å²) in [5.41, 5.74) is 0.839. The zero-order valence-electron chi connectivity index (χ0n) is 13.3. The van der Waals surface area contributed by atoms with Crippen LogP contribution in [0, 0.1) is 5.92 Å². The summed E-state index contributed by atoms with van der Waals surface area (Å²) in [7, 11) is 0. The van der Waals surface area contributed by atoms with Gasteiger partial charge in [-0.2, -0.15) is 0 Å². The molecule has 0 heterocycles. The minimum atomic E-state index is 0.0751. The number of carbonyl (C=O) groups excluding carboxylic acids is 1. The molecule has 1 unspecified atom stereocenters. The summed E-state index contributed by atoms with van der Waals surface area (Å²) in [6, 6.07) is 9.66. The minimum Gasteiger partial charge on any atom is -0.303 e. The number of unbranched alkanes of at least 4 members (excludes halogenated alkanes) is 2. The van der Waals surface area contributed by atoms with E-state index in [1.807, 2.05) is 30.3 Å². The van der Waals surface area contributed by atoms with Crippen LogP contribution in [0.15, 0.2) is 30.3 Å². The molecule has 20 heavy (non-hydrogen) atoms. The molecule has 0 radical (unpaired) electrons. The highest BCUT2D eigenvalue weighted by Gasteiger charge is 2.18. The average Bonchev–Trinajstić information content (AvgIpc) is 2.49. The second-order valence-corrected chi connectivity index (χ2v) is 5.64. The second kappa shape index (κ2) is 9.71. The lowest BCUT2D eigenvalue weighted by Gasteiger charge is -2.25. The number of benzene rings is 1. The fourth-order valence-electron chi connectivity index (χ4n) is 2.41. The number of nitrogens with zero attached hydrogens (tertiary/aromatic N) is 1. The third-order valence-electron chi connectivity index (χ3n) is 3.69. The molecule has 0 aliphatic rings. The first kappa shape index (κ1) is 16.9. The summed E-state index contributed by atoms with van der Waals surface area (Å²) in [6.07, 6.45) is 4.86. The highest BCUT2D eigenvalue weighted by atomic mass is 16.1. The molecule has 112 valence electrons. The van der Waals surface area contributed by atoms with Crippen LogP contribution < -0.4 is 0 Å². The molecular formula is C18H29NO. The van der Waals surface area contributed by atoms with Crippen molar-refractivity contribution < 1.29 is 4.79 Å². The Bertz CT molecular complexity index is 366. The van der Waals surface area contributed by atoms with E-state index in [0.717, 1.165) is 25.2 Å². The van der Waals surface area contributed by atoms with Gasteiger partial charge in [0.1, 0.15) is 0 Å². The minimum absolute atomic E-state index is 0.0751. The van der Waals surface area contributed by atoms with E-state index in [1.54, 1.807) is 0 Å². The third-order valence-corrected chi connectivity index (χ3v) is 3.69. The molecule has 0 aromatic heterocycles. The lowest BCUT2D eigenvalue weighted by Crippen LogP contribution is -2.33. The Morgan fingerprint density at radius 3 is 2.10 bits per heavy atom. The molecule has 0 N–H and O–H groups in total. The highest BCUT2D eigenvalue weighted by Crippen LogP contribution is 2.11. The molecule has 0 saturated carbocycles. The van der Waals surface area contributed by atoms with Crippen LogP contribution in [0.5, 0.6) is 0 Å². The zero-order chi connectivity index (χ0) is 14.8. The number of hydrogen-bond donors (Lipinski definition) is 0. The van der Waals surface area contributed by atoms with Crippen molar-refractivity contribution in [3.63, 3.8) is 0 Å². The fourth-order valence-corrected chi connectivity index (χ4v) is 2.41. The van der Waals surface area contributed by atoms with Crippen LogP contribution in [-0.2, 0) is 0 Å². The van der Waals surface area contributed by atoms with Crippen LogP contribution in [-0.4, -0.2) is 30.3 Å². The van der Waals surface area contributed by atoms with Crippen molar-refractivity contribution in [2.24, 2.45) is 5.92 Å². The SMILES string of the molecule is CCCCN(CCCC)CC(C)C(=O)c1ccccc1. The predicted molar refractivity (Wildman–Crippen MR) is 86.2 cm³/mol. The largest absolute Gasteiger partial charge is 0.303 e. The van der Waals surface area contributed by atoms with Crippen LogP contribution in [0.4, 0.5) is 0 Å². The van der Waals surface area contributed by atoms with E-state index in [4.69, 9.17) is 0 Å². The molecule has 2 nitrogen and oxygen atoms in total. The number of rotatable bonds is 10. The van der Waals surface area contributed by atoms with E-state index in [0.29, 0.717) is 0 Å². The van der Waals surface area contributed by atoms with Gasteiger partial charge in [-0.3, -0.25) is 4.79 Å². The van der Waals surface area contributed by atoms with E-state index in [9.17, 15) is 4.79 Å². The number of hydrogen-bond acceptors (Lipinski definition) is 2. The lowest BCUT2D eigenvalue weighted by atomic mass is 9.98. The van der Waals surface area contributed by atoms with Crippen LogP contribution in [0.1, 0.15) is 56.8 Å². The Labute approximate surface area is 124 Å². The van der Waals surface area contributed by atoms with Crippen molar-refractivity contribution in [3.8, 4) is 0 Å². The molecule has 0 spiro atoms. The summed E-state index contributed by atoms with van der Waals surface area (Å²) < 4.78 is 0. The standard InChI is InChI=1S/C18H29NO/c1-4-6-13-19(14-7-5-2)15-16(3)18(20)17-11-9-8-10-12-17/h8-12,16H,4-7,13-15H2,1-3H3. The van der Waals surface area contributed by atoms with Gasteiger partial charge < -0.3 is 4.90 Å². The van der Waals surface area contributed by atoms with Crippen LogP contribution >= 0.6 is 0 Å². The molecule has 0 aliphatic carbocycles. The molecule has 0 bridgehead atoms. The van der Waals surface area contributed by atoms with Crippen LogP contribution in [0.25, 0.3) is 0 Å². The second-order valence-electron chi connectivity index (χ2n) is 5.64. The van der Waals surface area contributed by atoms with Crippen molar-refractivity contribution in [3.05, 3.63) is 35.9 Å². The normalized spacial score (nSPS) is 12.6. The predicted octanol–water partition coefficient (Wildman–Crippen LogP) is 4.41. The quantitative estimate of drug-likeness (QED) is 0.590. The van der Waals surface area contributed by atoms with Crippen molar-refractivity contribution in [2.75, 3.05) is 19.6 Å². The highest BCUT2D eigenvalue weighted by molar-refractivity contribution is 5.97. The van der Waals surface area contributed by atoms with Crippen LogP contribution in [0.2, 0.25) is 0 Å². The maximum atomic E-state index is 12.4. The lowest BCUT2D eigenvalue weighted by molar-refractivity contribution is 0.0892. The Hall–Kier alpha value is -1.15. The number of ketones is 1. The molecular weight excluding hydrogens is 246 g/mol. The Balaban J connectivity index is 2.55. The Morgan fingerprint density at radius 1 is 1.05 bits per heavy atom. The molecule has 2 heteroatoms. The molecule has 0 saturated heterocycles. The first-order valence-corrected chi connectivity index (χ1v) is 8.00. The van der Waals surface area contributed by atoms with Gasteiger partial charge in [0.25, 0.3) is 0 Å². The van der Waals surface area contributed by atoms with E-state index in [2.05, 4.69) is 25.7 Å². The maximum Gasteiger partial charge on any atom is 0.166 e. The summed E-state index contributed by atoms with van der Waals surface area (Å²) >= 11 is 0. The molecule has 1 rings (SSSR count). The summed E-state index contributed by atoms with van der Waals surface area (Å²) in [5, 5.41) is 0. The van der Waals surface area contributed by atoms with E-state index in [1.165, 1.54) is 25.7 Å². The smallest absolute Gasteiger partial charge is 0.166 e. The van der Waals surface area contributed by atoms with Gasteiger partial charge in [-0.15, -0.1) is 0 Å². The van der Waals surface area contributed by atoms with Gasteiger partial charge in [-0.05, 0) is 25.9 Å². The monoisotopic (exact) mass is 275 g/mol. The van der Waals surface area contributed by atoms with Crippen molar-refractivity contribution in [1.29, 1.82) is 0 Å². The third kappa shape index (κ3) is 5.87.